The lowest BCUT2D eigenvalue weighted by Crippen LogP contribution is -2.61. The van der Waals surface area contributed by atoms with E-state index in [1.54, 1.807) is 55.6 Å². The molecule has 5 heterocycles. The lowest BCUT2D eigenvalue weighted by Gasteiger charge is -2.31. The molecule has 131 heavy (non-hydrogen) atoms. The number of primary amides is 2. The first-order chi connectivity index (χ1) is 63.2. The molecule has 0 bridgehead atoms. The zero-order valence-electron chi connectivity index (χ0n) is 74.6. The van der Waals surface area contributed by atoms with Crippen LogP contribution in [0.25, 0.3) is 10.9 Å². The van der Waals surface area contributed by atoms with E-state index in [2.05, 4.69) is 105 Å². The van der Waals surface area contributed by atoms with E-state index in [4.69, 9.17) is 32.1 Å². The standard InChI is InChI=1S/C87H133N25O19/c1-2-3-28-62(101-83(126)68(46-57-49-92-54-98-57)106-80(123)64(34-36-71(88)115)103-84(127)69(52-113)99-75(118)50-97-76(119)53-131-43-42-130-41-40-94-73(116)33-19-14-12-10-8-6-4-5-7-9-11-13-18-32-72-108-110-111-109-72)78(121)104-65-35-37-74(117)93-38-23-22-30-61(77(89)120)100-82(125)67(45-56-48-96-60-29-21-20-27-59(56)60)105-79(122)63(31-24-39-95-87(90)91)102-81(124)66(44-55-25-16-15-17-26-55)107-85(128)70-47-58(114)51-112(70)86(65)129/h15-17,20-21,25-27,29,48-49,54,58,61-70,96,113-114H,2-14,18-19,22-24,28,30-47,50-53H2,1H3,(H2,88,115)(H2,89,120)(H,92,98)(H,93,117)(H,94,116)(H,97,119)(H,99,118)(H,100,125)(H,101,126)(H,102,124)(H,103,127)(H,104,121)(H,105,122)(H,106,123)(H,107,128)(H4,90,91,95)(H,108,109,110,111)/t58-,61+,62+,63+,64+,65+,66-,67+,68+,69+,70+/m1/s1. The largest absolute Gasteiger partial charge is 0.394 e. The predicted molar refractivity (Wildman–Crippen MR) is 478 cm³/mol. The number of para-hydroxylation sites is 1. The number of aryl methyl sites for hydroxylation is 1. The number of tetrazole rings is 1. The van der Waals surface area contributed by atoms with Crippen LogP contribution in [0.15, 0.2) is 73.3 Å². The van der Waals surface area contributed by atoms with Crippen molar-refractivity contribution in [1.82, 2.24) is 110 Å². The van der Waals surface area contributed by atoms with Crippen LogP contribution in [0.1, 0.15) is 203 Å². The van der Waals surface area contributed by atoms with Gasteiger partial charge in [0.15, 0.2) is 5.96 Å². The van der Waals surface area contributed by atoms with Crippen molar-refractivity contribution in [2.75, 3.05) is 65.8 Å². The number of amides is 15. The molecule has 15 amide bonds. The number of guanidine groups is 1. The lowest BCUT2D eigenvalue weighted by atomic mass is 10.0. The van der Waals surface area contributed by atoms with Crippen LogP contribution in [0.3, 0.4) is 0 Å². The highest BCUT2D eigenvalue weighted by Gasteiger charge is 2.44. The summed E-state index contributed by atoms with van der Waals surface area (Å²) < 4.78 is 10.9. The van der Waals surface area contributed by atoms with Crippen molar-refractivity contribution in [3.63, 3.8) is 0 Å². The van der Waals surface area contributed by atoms with E-state index in [1.165, 1.54) is 63.9 Å². The van der Waals surface area contributed by atoms with Gasteiger partial charge in [-0.05, 0) is 91.8 Å². The van der Waals surface area contributed by atoms with E-state index < -0.39 is 208 Å². The second-order valence-electron chi connectivity index (χ2n) is 32.9. The van der Waals surface area contributed by atoms with Gasteiger partial charge in [0, 0.05) is 101 Å². The summed E-state index contributed by atoms with van der Waals surface area (Å²) in [7, 11) is 0. The first-order valence-electron chi connectivity index (χ1n) is 45.4. The monoisotopic (exact) mass is 1830 g/mol. The molecule has 2 aromatic carbocycles. The Hall–Kier alpha value is -12.6. The molecule has 0 radical (unpaired) electrons. The average Bonchev–Trinajstić information content (AvgIpc) is 1.69. The van der Waals surface area contributed by atoms with Crippen LogP contribution in [0, 0.1) is 5.41 Å². The van der Waals surface area contributed by atoms with E-state index in [1.807, 2.05) is 12.1 Å². The Bertz CT molecular complexity index is 4450. The van der Waals surface area contributed by atoms with Crippen LogP contribution in [0.5, 0.6) is 0 Å². The van der Waals surface area contributed by atoms with E-state index in [0.717, 1.165) is 60.2 Å². The summed E-state index contributed by atoms with van der Waals surface area (Å²) >= 11 is 0. The highest BCUT2D eigenvalue weighted by Crippen LogP contribution is 2.24. The number of nitrogens with zero attached hydrogens (tertiary/aromatic N) is 5. The topological polar surface area (TPSA) is 675 Å². The molecule has 3 aromatic heterocycles. The number of unbranched alkanes of at least 4 members (excludes halogenated alkanes) is 13. The van der Waals surface area contributed by atoms with Gasteiger partial charge in [0.05, 0.1) is 51.1 Å². The summed E-state index contributed by atoms with van der Waals surface area (Å²) in [5, 5.41) is 78.1. The quantitative estimate of drug-likeness (QED) is 0.0114. The predicted octanol–water partition coefficient (Wildman–Crippen LogP) is -2.00. The highest BCUT2D eigenvalue weighted by atomic mass is 16.5. The van der Waals surface area contributed by atoms with Crippen LogP contribution >= 0.6 is 0 Å². The second kappa shape index (κ2) is 58.9. The van der Waals surface area contributed by atoms with Gasteiger partial charge in [-0.3, -0.25) is 77.3 Å². The molecule has 0 spiro atoms. The average molecular weight is 1830 g/mol. The minimum Gasteiger partial charge on any atom is -0.394 e. The van der Waals surface area contributed by atoms with Crippen molar-refractivity contribution in [2.45, 2.75) is 272 Å². The number of imidazole rings is 1. The first kappa shape index (κ1) is 105. The molecule has 0 aliphatic carbocycles. The number of fused-ring (bicyclic) bond motifs is 2. The number of benzene rings is 2. The molecule has 2 aliphatic rings. The Balaban J connectivity index is 0.959. The van der Waals surface area contributed by atoms with Crippen LogP contribution in [-0.4, -0.2) is 278 Å². The Morgan fingerprint density at radius 3 is 1.94 bits per heavy atom. The summed E-state index contributed by atoms with van der Waals surface area (Å²) in [4.78, 5) is 222. The zero-order valence-corrected chi connectivity index (χ0v) is 74.6. The molecule has 44 nitrogen and oxygen atoms in total. The van der Waals surface area contributed by atoms with Gasteiger partial charge in [0.2, 0.25) is 88.6 Å². The molecule has 2 fully saturated rings. The van der Waals surface area contributed by atoms with Gasteiger partial charge < -0.3 is 121 Å². The lowest BCUT2D eigenvalue weighted by molar-refractivity contribution is -0.143. The van der Waals surface area contributed by atoms with Crippen molar-refractivity contribution in [1.29, 1.82) is 5.41 Å². The number of aliphatic hydroxyl groups excluding tert-OH is 2. The molecule has 11 atom stereocenters. The number of hydrogen-bond donors (Lipinski definition) is 22. The maximum atomic E-state index is 15.4. The number of hydrogen-bond acceptors (Lipinski definition) is 24. The SMILES string of the molecule is CCCC[C@H](NC(=O)[C@H](Cc1c[nH]cn1)NC(=O)[C@H](CCC(N)=O)NC(=O)[C@H](CO)NC(=O)CNC(=O)COCCOCCNC(=O)CCCCCCCCCCCCCCCc1nnn[nH]1)C(=O)N[C@H]1CCC(=O)NCCCC[C@@H](C(N)=O)NC(=O)[C@H](Cc2c[nH]c3ccccc23)NC(=O)[C@H](CCCNC(=N)N)NC(=O)[C@@H](Cc2ccccc2)NC(=O)[C@@H]2C[C@@H](O)CN2C1=O. The Morgan fingerprint density at radius 2 is 1.26 bits per heavy atom. The number of nitrogens with one attached hydrogen (secondary N) is 17. The number of ether oxygens (including phenoxy) is 2. The molecule has 720 valence electrons. The molecule has 44 heteroatoms. The molecule has 7 rings (SSSR count). The number of aromatic amines is 3. The maximum Gasteiger partial charge on any atom is 0.246 e. The van der Waals surface area contributed by atoms with Gasteiger partial charge in [-0.25, -0.2) is 10.1 Å². The van der Waals surface area contributed by atoms with Crippen LogP contribution < -0.4 is 86.3 Å². The Labute approximate surface area is 760 Å². The summed E-state index contributed by atoms with van der Waals surface area (Å²) in [5.41, 5.74) is 19.0. The van der Waals surface area contributed by atoms with Crippen LogP contribution in [-0.2, 0) is 107 Å². The molecule has 0 saturated carbocycles. The maximum absolute atomic E-state index is 15.4. The van der Waals surface area contributed by atoms with Gasteiger partial charge in [-0.2, -0.15) is 0 Å². The van der Waals surface area contributed by atoms with E-state index >= 15 is 19.2 Å². The summed E-state index contributed by atoms with van der Waals surface area (Å²) in [5.74, 6) is -12.5. The number of carbonyl (C=O) groups excluding carboxylic acids is 15. The molecule has 0 unspecified atom stereocenters. The molecule has 2 saturated heterocycles. The third kappa shape index (κ3) is 39.7. The van der Waals surface area contributed by atoms with Gasteiger partial charge in [-0.1, -0.05) is 139 Å². The van der Waals surface area contributed by atoms with Crippen molar-refractivity contribution in [3.05, 3.63) is 96.0 Å². The fraction of sp³-hybridized carbons (Fsp3) is 0.609. The van der Waals surface area contributed by atoms with E-state index in [-0.39, 0.29) is 121 Å². The summed E-state index contributed by atoms with van der Waals surface area (Å²) in [6.45, 7) is -0.319. The number of nitrogens with two attached hydrogens (primary N) is 3. The van der Waals surface area contributed by atoms with Crippen molar-refractivity contribution in [3.8, 4) is 0 Å². The van der Waals surface area contributed by atoms with E-state index in [0.29, 0.717) is 24.0 Å². The minimum absolute atomic E-state index is 0.00750. The Kier molecular flexibility index (Phi) is 47.4. The number of aliphatic hydroxyl groups is 2. The highest BCUT2D eigenvalue weighted by molar-refractivity contribution is 6.00. The van der Waals surface area contributed by atoms with Gasteiger partial charge in [-0.15, -0.1) is 5.10 Å². The minimum atomic E-state index is -1.76. The third-order valence-electron chi connectivity index (χ3n) is 22.4. The number of H-pyrrole nitrogens is 3. The van der Waals surface area contributed by atoms with E-state index in [9.17, 15) is 63.0 Å². The second-order valence-corrected chi connectivity index (χ2v) is 32.9. The first-order valence-corrected chi connectivity index (χ1v) is 45.4. The smallest absolute Gasteiger partial charge is 0.246 e. The number of aromatic nitrogens is 7. The van der Waals surface area contributed by atoms with Gasteiger partial charge >= 0.3 is 0 Å². The third-order valence-corrected chi connectivity index (χ3v) is 22.4. The van der Waals surface area contributed by atoms with Crippen molar-refractivity contribution < 1.29 is 91.6 Å². The van der Waals surface area contributed by atoms with Crippen LogP contribution in [0.4, 0.5) is 0 Å². The van der Waals surface area contributed by atoms with Gasteiger partial charge in [0.25, 0.3) is 0 Å². The summed E-state index contributed by atoms with van der Waals surface area (Å²) in [6, 6.07) is 0.0551. The molecule has 5 aromatic rings. The van der Waals surface area contributed by atoms with Crippen molar-refractivity contribution in [2.24, 2.45) is 17.2 Å². The van der Waals surface area contributed by atoms with Gasteiger partial charge in [0.1, 0.15) is 72.8 Å². The van der Waals surface area contributed by atoms with Crippen LogP contribution in [0.2, 0.25) is 0 Å². The fourth-order valence-electron chi connectivity index (χ4n) is 15.1. The number of carbonyl (C=O) groups is 15. The molecule has 25 N–H and O–H groups in total. The molecular formula is C87H133N25O19. The number of rotatable bonds is 53. The fourth-order valence-corrected chi connectivity index (χ4v) is 15.1. The molecular weight excluding hydrogens is 1700 g/mol. The van der Waals surface area contributed by atoms with Crippen molar-refractivity contribution >= 4 is 105 Å². The Morgan fingerprint density at radius 1 is 0.618 bits per heavy atom. The molecule has 2 aliphatic heterocycles. The normalized spacial score (nSPS) is 18.8. The summed E-state index contributed by atoms with van der Waals surface area (Å²) in [6.07, 6.45) is 17.1. The zero-order chi connectivity index (χ0) is 94.7.